The molecule has 0 atom stereocenters. The van der Waals surface area contributed by atoms with Crippen LogP contribution in [-0.4, -0.2) is 0 Å². The van der Waals surface area contributed by atoms with E-state index in [4.69, 9.17) is 0 Å². The molecule has 0 unspecified atom stereocenters. The number of aryl methyl sites for hydroxylation is 1. The highest BCUT2D eigenvalue weighted by atomic mass is 16.3. The summed E-state index contributed by atoms with van der Waals surface area (Å²) in [5.74, 6) is -0.705. The molecule has 4 heteroatoms. The second kappa shape index (κ2) is 2.77. The maximum absolute atomic E-state index is 11.0. The predicted molar refractivity (Wildman–Crippen MR) is 47.1 cm³/mol. The van der Waals surface area contributed by atoms with E-state index in [0.717, 1.165) is 5.56 Å². The van der Waals surface area contributed by atoms with Gasteiger partial charge in [-0.1, -0.05) is 0 Å². The third-order valence-electron chi connectivity index (χ3n) is 2.10. The molecule has 1 aromatic heterocycles. The van der Waals surface area contributed by atoms with Crippen LogP contribution in [0, 0.1) is 6.92 Å². The molecule has 0 fully saturated rings. The van der Waals surface area contributed by atoms with Gasteiger partial charge in [0.05, 0.1) is 0 Å². The molecule has 0 radical (unpaired) electrons. The Bertz CT molecular complexity index is 547. The van der Waals surface area contributed by atoms with E-state index in [1.807, 2.05) is 6.92 Å². The van der Waals surface area contributed by atoms with Gasteiger partial charge in [-0.2, -0.15) is 4.57 Å². The van der Waals surface area contributed by atoms with Gasteiger partial charge in [0, 0.05) is 17.9 Å². The van der Waals surface area contributed by atoms with Gasteiger partial charge in [-0.3, -0.25) is 9.59 Å². The van der Waals surface area contributed by atoms with Crippen LogP contribution < -0.4 is 20.5 Å². The Hall–Kier alpha value is -1.97. The molecule has 0 saturated carbocycles. The van der Waals surface area contributed by atoms with Gasteiger partial charge in [0.25, 0.3) is 11.1 Å². The van der Waals surface area contributed by atoms with Crippen molar-refractivity contribution in [1.29, 1.82) is 0 Å². The molecule has 2 aromatic rings. The summed E-state index contributed by atoms with van der Waals surface area (Å²) in [4.78, 5) is 21.7. The van der Waals surface area contributed by atoms with E-state index >= 15 is 0 Å². The number of rotatable bonds is 1. The van der Waals surface area contributed by atoms with Crippen LogP contribution in [0.3, 0.4) is 0 Å². The van der Waals surface area contributed by atoms with E-state index in [9.17, 15) is 14.7 Å². The molecule has 0 saturated heterocycles. The molecule has 0 spiro atoms. The van der Waals surface area contributed by atoms with Crippen molar-refractivity contribution < 1.29 is 9.67 Å². The second-order valence-corrected chi connectivity index (χ2v) is 3.12. The Morgan fingerprint density at radius 1 is 1.14 bits per heavy atom. The van der Waals surface area contributed by atoms with Gasteiger partial charge in [-0.05, 0) is 12.5 Å². The molecular weight excluding hydrogens is 182 g/mol. The first-order valence-electron chi connectivity index (χ1n) is 4.10. The summed E-state index contributed by atoms with van der Waals surface area (Å²) >= 11 is 0. The Labute approximate surface area is 79.4 Å². The lowest BCUT2D eigenvalue weighted by Crippen LogP contribution is -2.49. The summed E-state index contributed by atoms with van der Waals surface area (Å²) in [5, 5.41) is 11.0. The number of hydrogen-bond acceptors (Lipinski definition) is 3. The topological polar surface area (TPSA) is 61.1 Å². The van der Waals surface area contributed by atoms with Gasteiger partial charge >= 0.3 is 0 Å². The van der Waals surface area contributed by atoms with Crippen molar-refractivity contribution >= 4 is 0 Å². The van der Waals surface area contributed by atoms with Gasteiger partial charge < -0.3 is 5.11 Å². The van der Waals surface area contributed by atoms with Crippen molar-refractivity contribution in [3.8, 4) is 11.4 Å². The largest absolute Gasteiger partial charge is 0.865 e. The molecule has 0 bridgehead atoms. The SMILES string of the molecule is Cc1cc[n+](-c2c([O-])c(=O)c2=O)cc1. The predicted octanol–water partition coefficient (Wildman–Crippen LogP) is -1.06. The fourth-order valence-corrected chi connectivity index (χ4v) is 1.24. The van der Waals surface area contributed by atoms with Crippen LogP contribution in [0.25, 0.3) is 5.69 Å². The Kier molecular flexibility index (Phi) is 1.70. The average Bonchev–Trinajstić information content (AvgIpc) is 2.21. The number of hydrogen-bond donors (Lipinski definition) is 0. The molecule has 0 aliphatic heterocycles. The molecule has 1 heterocycles. The quantitative estimate of drug-likeness (QED) is 0.424. The minimum Gasteiger partial charge on any atom is -0.865 e. The summed E-state index contributed by atoms with van der Waals surface area (Å²) in [7, 11) is 0. The minimum absolute atomic E-state index is 0.0602. The number of nitrogens with zero attached hydrogens (tertiary/aromatic N) is 1. The van der Waals surface area contributed by atoms with E-state index < -0.39 is 16.6 Å². The van der Waals surface area contributed by atoms with Crippen LogP contribution >= 0.6 is 0 Å². The van der Waals surface area contributed by atoms with E-state index in [0.29, 0.717) is 0 Å². The first-order valence-corrected chi connectivity index (χ1v) is 4.10. The normalized spacial score (nSPS) is 10.6. The molecular formula is C10H7NO3. The third-order valence-corrected chi connectivity index (χ3v) is 2.10. The Balaban J connectivity index is 2.58. The fraction of sp³-hybridized carbons (Fsp3) is 0.100. The average molecular weight is 189 g/mol. The van der Waals surface area contributed by atoms with E-state index in [2.05, 4.69) is 0 Å². The lowest BCUT2D eigenvalue weighted by Gasteiger charge is -2.07. The zero-order valence-electron chi connectivity index (χ0n) is 7.48. The van der Waals surface area contributed by atoms with Crippen LogP contribution in [0.1, 0.15) is 5.56 Å². The van der Waals surface area contributed by atoms with Crippen molar-refractivity contribution in [1.82, 2.24) is 0 Å². The van der Waals surface area contributed by atoms with Crippen LogP contribution in [0.4, 0.5) is 0 Å². The van der Waals surface area contributed by atoms with Crippen LogP contribution in [0.5, 0.6) is 5.75 Å². The maximum atomic E-state index is 11.0. The lowest BCUT2D eigenvalue weighted by atomic mass is 10.2. The Morgan fingerprint density at radius 2 is 1.71 bits per heavy atom. The molecule has 14 heavy (non-hydrogen) atoms. The van der Waals surface area contributed by atoms with Crippen molar-refractivity contribution in [2.75, 3.05) is 0 Å². The van der Waals surface area contributed by atoms with Gasteiger partial charge in [0.1, 0.15) is 0 Å². The number of aromatic nitrogens is 1. The standard InChI is InChI=1S/C10H7NO3/c1-6-2-4-11(5-3-6)7-8(12)10(14)9(7)13/h2-5H,1H3. The zero-order valence-corrected chi connectivity index (χ0v) is 7.48. The molecule has 1 aromatic carbocycles. The number of pyridine rings is 1. The molecule has 70 valence electrons. The molecule has 2 rings (SSSR count). The Morgan fingerprint density at radius 3 is 2.21 bits per heavy atom. The van der Waals surface area contributed by atoms with E-state index in [-0.39, 0.29) is 5.69 Å². The molecule has 0 aliphatic rings. The first kappa shape index (κ1) is 8.62. The summed E-state index contributed by atoms with van der Waals surface area (Å²) in [6.07, 6.45) is 3.18. The van der Waals surface area contributed by atoms with Crippen molar-refractivity contribution in [3.05, 3.63) is 50.5 Å². The van der Waals surface area contributed by atoms with Gasteiger partial charge in [0.15, 0.2) is 12.4 Å². The van der Waals surface area contributed by atoms with Crippen molar-refractivity contribution in [3.63, 3.8) is 0 Å². The van der Waals surface area contributed by atoms with Crippen molar-refractivity contribution in [2.24, 2.45) is 0 Å². The summed E-state index contributed by atoms with van der Waals surface area (Å²) in [6, 6.07) is 3.52. The van der Waals surface area contributed by atoms with Gasteiger partial charge in [-0.25, -0.2) is 0 Å². The highest BCUT2D eigenvalue weighted by molar-refractivity contribution is 5.43. The molecule has 0 aliphatic carbocycles. The third kappa shape index (κ3) is 1.04. The summed E-state index contributed by atoms with van der Waals surface area (Å²) in [6.45, 7) is 1.89. The second-order valence-electron chi connectivity index (χ2n) is 3.12. The van der Waals surface area contributed by atoms with Crippen LogP contribution in [-0.2, 0) is 0 Å². The highest BCUT2D eigenvalue weighted by Gasteiger charge is 2.21. The van der Waals surface area contributed by atoms with Crippen LogP contribution in [0.15, 0.2) is 34.1 Å². The van der Waals surface area contributed by atoms with Crippen LogP contribution in [0.2, 0.25) is 0 Å². The molecule has 0 amide bonds. The first-order chi connectivity index (χ1) is 6.61. The minimum atomic E-state index is -0.923. The monoisotopic (exact) mass is 189 g/mol. The maximum Gasteiger partial charge on any atom is 0.296 e. The van der Waals surface area contributed by atoms with Gasteiger partial charge in [-0.15, -0.1) is 0 Å². The molecule has 0 N–H and O–H groups in total. The van der Waals surface area contributed by atoms with Gasteiger partial charge in [0.2, 0.25) is 5.43 Å². The van der Waals surface area contributed by atoms with E-state index in [1.54, 1.807) is 24.5 Å². The summed E-state index contributed by atoms with van der Waals surface area (Å²) in [5.41, 5.74) is -0.667. The van der Waals surface area contributed by atoms with E-state index in [1.165, 1.54) is 4.57 Å². The lowest BCUT2D eigenvalue weighted by molar-refractivity contribution is -0.602. The van der Waals surface area contributed by atoms with Crippen molar-refractivity contribution in [2.45, 2.75) is 6.92 Å². The summed E-state index contributed by atoms with van der Waals surface area (Å²) < 4.78 is 1.37. The smallest absolute Gasteiger partial charge is 0.296 e. The fourth-order valence-electron chi connectivity index (χ4n) is 1.24. The highest BCUT2D eigenvalue weighted by Crippen LogP contribution is 2.03. The molecule has 4 nitrogen and oxygen atoms in total. The zero-order chi connectivity index (χ0) is 10.3.